The molecule has 0 amide bonds. The van der Waals surface area contributed by atoms with Crippen LogP contribution in [-0.4, -0.2) is 17.1 Å². The Morgan fingerprint density at radius 2 is 1.82 bits per heavy atom. The number of benzene rings is 2. The minimum absolute atomic E-state index is 0.00827. The first-order valence-electron chi connectivity index (χ1n) is 7.52. The van der Waals surface area contributed by atoms with Crippen molar-refractivity contribution >= 4 is 5.97 Å². The predicted molar refractivity (Wildman–Crippen MR) is 89.2 cm³/mol. The SMILES string of the molecule is CC(NCc1cccc(C(=O)O)c1)C(C)(C)c1ccccc1. The van der Waals surface area contributed by atoms with Crippen LogP contribution in [0.1, 0.15) is 42.3 Å². The topological polar surface area (TPSA) is 49.3 Å². The molecule has 2 rings (SSSR count). The van der Waals surface area contributed by atoms with E-state index in [0.29, 0.717) is 12.1 Å². The van der Waals surface area contributed by atoms with Gasteiger partial charge in [-0.1, -0.05) is 56.3 Å². The maximum Gasteiger partial charge on any atom is 0.335 e. The molecular weight excluding hydrogens is 274 g/mol. The molecule has 0 heterocycles. The Bertz CT molecular complexity index is 635. The molecule has 116 valence electrons. The van der Waals surface area contributed by atoms with Gasteiger partial charge in [0, 0.05) is 18.0 Å². The number of hydrogen-bond donors (Lipinski definition) is 2. The van der Waals surface area contributed by atoms with E-state index in [4.69, 9.17) is 5.11 Å². The average Bonchev–Trinajstić information content (AvgIpc) is 2.53. The fourth-order valence-electron chi connectivity index (χ4n) is 2.46. The van der Waals surface area contributed by atoms with Gasteiger partial charge in [-0.25, -0.2) is 4.79 Å². The molecular formula is C19H23NO2. The van der Waals surface area contributed by atoms with Gasteiger partial charge in [-0.05, 0) is 30.2 Å². The zero-order valence-corrected chi connectivity index (χ0v) is 13.3. The Kier molecular flexibility index (Phi) is 4.99. The van der Waals surface area contributed by atoms with Crippen molar-refractivity contribution in [2.45, 2.75) is 38.8 Å². The Morgan fingerprint density at radius 3 is 2.45 bits per heavy atom. The lowest BCUT2D eigenvalue weighted by Crippen LogP contribution is -2.42. The van der Waals surface area contributed by atoms with Crippen molar-refractivity contribution in [1.82, 2.24) is 5.32 Å². The third-order valence-electron chi connectivity index (χ3n) is 4.39. The zero-order valence-electron chi connectivity index (χ0n) is 13.3. The Labute approximate surface area is 132 Å². The van der Waals surface area contributed by atoms with Gasteiger partial charge in [0.05, 0.1) is 5.56 Å². The number of carboxylic acids is 1. The third kappa shape index (κ3) is 3.74. The van der Waals surface area contributed by atoms with Crippen molar-refractivity contribution in [3.63, 3.8) is 0 Å². The molecule has 22 heavy (non-hydrogen) atoms. The third-order valence-corrected chi connectivity index (χ3v) is 4.39. The molecule has 0 bridgehead atoms. The van der Waals surface area contributed by atoms with Gasteiger partial charge < -0.3 is 10.4 Å². The summed E-state index contributed by atoms with van der Waals surface area (Å²) in [7, 11) is 0. The van der Waals surface area contributed by atoms with Crippen molar-refractivity contribution in [3.8, 4) is 0 Å². The van der Waals surface area contributed by atoms with Crippen LogP contribution in [0.2, 0.25) is 0 Å². The quantitative estimate of drug-likeness (QED) is 0.851. The second-order valence-electron chi connectivity index (χ2n) is 6.20. The summed E-state index contributed by atoms with van der Waals surface area (Å²) in [4.78, 5) is 11.0. The van der Waals surface area contributed by atoms with Crippen LogP contribution >= 0.6 is 0 Å². The van der Waals surface area contributed by atoms with E-state index in [9.17, 15) is 4.79 Å². The van der Waals surface area contributed by atoms with Crippen LogP contribution in [0.25, 0.3) is 0 Å². The molecule has 2 aromatic rings. The van der Waals surface area contributed by atoms with E-state index in [1.54, 1.807) is 18.2 Å². The minimum Gasteiger partial charge on any atom is -0.478 e. The van der Waals surface area contributed by atoms with Crippen LogP contribution in [0.3, 0.4) is 0 Å². The lowest BCUT2D eigenvalue weighted by molar-refractivity contribution is 0.0696. The lowest BCUT2D eigenvalue weighted by Gasteiger charge is -2.33. The first-order chi connectivity index (χ1) is 10.4. The molecule has 1 atom stereocenters. The summed E-state index contributed by atoms with van der Waals surface area (Å²) in [5.41, 5.74) is 2.59. The molecule has 0 saturated heterocycles. The van der Waals surface area contributed by atoms with Crippen LogP contribution in [-0.2, 0) is 12.0 Å². The molecule has 1 unspecified atom stereocenters. The molecule has 0 aliphatic rings. The fourth-order valence-corrected chi connectivity index (χ4v) is 2.46. The van der Waals surface area contributed by atoms with Gasteiger partial charge in [-0.3, -0.25) is 0 Å². The minimum atomic E-state index is -0.889. The number of carboxylic acid groups (broad SMARTS) is 1. The first-order valence-corrected chi connectivity index (χ1v) is 7.52. The van der Waals surface area contributed by atoms with E-state index in [2.05, 4.69) is 50.4 Å². The summed E-state index contributed by atoms with van der Waals surface area (Å²) in [6.45, 7) is 7.24. The summed E-state index contributed by atoms with van der Waals surface area (Å²) in [6.07, 6.45) is 0. The van der Waals surface area contributed by atoms with E-state index < -0.39 is 5.97 Å². The number of aromatic carboxylic acids is 1. The average molecular weight is 297 g/mol. The Morgan fingerprint density at radius 1 is 1.14 bits per heavy atom. The summed E-state index contributed by atoms with van der Waals surface area (Å²) in [5, 5.41) is 12.6. The molecule has 0 radical (unpaired) electrons. The molecule has 2 N–H and O–H groups in total. The van der Waals surface area contributed by atoms with E-state index in [0.717, 1.165) is 5.56 Å². The second-order valence-corrected chi connectivity index (χ2v) is 6.20. The highest BCUT2D eigenvalue weighted by Gasteiger charge is 2.27. The van der Waals surface area contributed by atoms with Gasteiger partial charge in [-0.15, -0.1) is 0 Å². The molecule has 0 aromatic heterocycles. The van der Waals surface area contributed by atoms with Gasteiger partial charge >= 0.3 is 5.97 Å². The lowest BCUT2D eigenvalue weighted by atomic mass is 9.78. The maximum atomic E-state index is 11.0. The van der Waals surface area contributed by atoms with Crippen molar-refractivity contribution in [3.05, 3.63) is 71.3 Å². The molecule has 0 fully saturated rings. The van der Waals surface area contributed by atoms with Gasteiger partial charge in [0.15, 0.2) is 0 Å². The van der Waals surface area contributed by atoms with Crippen LogP contribution < -0.4 is 5.32 Å². The molecule has 0 saturated carbocycles. The molecule has 0 spiro atoms. The Hall–Kier alpha value is -2.13. The van der Waals surface area contributed by atoms with E-state index in [-0.39, 0.29) is 11.5 Å². The molecule has 3 heteroatoms. The summed E-state index contributed by atoms with van der Waals surface area (Å²) >= 11 is 0. The zero-order chi connectivity index (χ0) is 16.2. The Balaban J connectivity index is 2.05. The second kappa shape index (κ2) is 6.75. The highest BCUT2D eigenvalue weighted by atomic mass is 16.4. The van der Waals surface area contributed by atoms with Crippen LogP contribution in [0, 0.1) is 0 Å². The van der Waals surface area contributed by atoms with Gasteiger partial charge in [0.1, 0.15) is 0 Å². The van der Waals surface area contributed by atoms with Crippen molar-refractivity contribution in [2.24, 2.45) is 0 Å². The van der Waals surface area contributed by atoms with E-state index in [1.165, 1.54) is 5.56 Å². The predicted octanol–water partition coefficient (Wildman–Crippen LogP) is 3.84. The van der Waals surface area contributed by atoms with Crippen LogP contribution in [0.4, 0.5) is 0 Å². The highest BCUT2D eigenvalue weighted by Crippen LogP contribution is 2.27. The number of carbonyl (C=O) groups is 1. The summed E-state index contributed by atoms with van der Waals surface area (Å²) in [6, 6.07) is 17.7. The smallest absolute Gasteiger partial charge is 0.335 e. The fraction of sp³-hybridized carbons (Fsp3) is 0.316. The molecule has 2 aromatic carbocycles. The van der Waals surface area contributed by atoms with Crippen LogP contribution in [0.5, 0.6) is 0 Å². The number of hydrogen-bond acceptors (Lipinski definition) is 2. The number of nitrogens with one attached hydrogen (secondary N) is 1. The number of rotatable bonds is 6. The van der Waals surface area contributed by atoms with Gasteiger partial charge in [-0.2, -0.15) is 0 Å². The standard InChI is InChI=1S/C19H23NO2/c1-14(19(2,3)17-10-5-4-6-11-17)20-13-15-8-7-9-16(12-15)18(21)22/h4-12,14,20H,13H2,1-3H3,(H,21,22). The largest absolute Gasteiger partial charge is 0.478 e. The highest BCUT2D eigenvalue weighted by molar-refractivity contribution is 5.87. The molecule has 0 aliphatic heterocycles. The first kappa shape index (κ1) is 16.2. The van der Waals surface area contributed by atoms with E-state index >= 15 is 0 Å². The van der Waals surface area contributed by atoms with Gasteiger partial charge in [0.25, 0.3) is 0 Å². The van der Waals surface area contributed by atoms with Crippen LogP contribution in [0.15, 0.2) is 54.6 Å². The van der Waals surface area contributed by atoms with Gasteiger partial charge in [0.2, 0.25) is 0 Å². The monoisotopic (exact) mass is 297 g/mol. The molecule has 3 nitrogen and oxygen atoms in total. The van der Waals surface area contributed by atoms with Crippen molar-refractivity contribution in [2.75, 3.05) is 0 Å². The van der Waals surface area contributed by atoms with E-state index in [1.807, 2.05) is 12.1 Å². The van der Waals surface area contributed by atoms with Crippen molar-refractivity contribution < 1.29 is 9.90 Å². The molecule has 0 aliphatic carbocycles. The summed E-state index contributed by atoms with van der Waals surface area (Å²) < 4.78 is 0. The maximum absolute atomic E-state index is 11.0. The summed E-state index contributed by atoms with van der Waals surface area (Å²) in [5.74, 6) is -0.889. The van der Waals surface area contributed by atoms with Crippen molar-refractivity contribution in [1.29, 1.82) is 0 Å². The normalized spacial score (nSPS) is 12.9.